The van der Waals surface area contributed by atoms with E-state index in [9.17, 15) is 33.6 Å². The molecule has 0 aliphatic carbocycles. The summed E-state index contributed by atoms with van der Waals surface area (Å²) >= 11 is 1.40. The first kappa shape index (κ1) is 64.6. The minimum absolute atomic E-state index is 0.00387. The molecule has 3 rings (SSSR count). The number of benzene rings is 1. The Balaban J connectivity index is 1.68. The van der Waals surface area contributed by atoms with Gasteiger partial charge in [0.05, 0.1) is 41.6 Å². The van der Waals surface area contributed by atoms with E-state index in [1.54, 1.807) is 77.0 Å². The molecule has 1 aliphatic heterocycles. The van der Waals surface area contributed by atoms with Crippen LogP contribution < -0.4 is 0 Å². The molecule has 1 saturated heterocycles. The van der Waals surface area contributed by atoms with Crippen molar-refractivity contribution in [1.82, 2.24) is 24.6 Å². The number of likely N-dealkylation sites (tertiary alicyclic amines) is 1. The minimum atomic E-state index is -0.609. The summed E-state index contributed by atoms with van der Waals surface area (Å²) in [6.07, 6.45) is 4.40. The van der Waals surface area contributed by atoms with Crippen molar-refractivity contribution < 1.29 is 43.0 Å². The third kappa shape index (κ3) is 19.4. The van der Waals surface area contributed by atoms with E-state index in [1.165, 1.54) is 11.3 Å². The second-order valence-corrected chi connectivity index (χ2v) is 24.7. The van der Waals surface area contributed by atoms with E-state index in [1.807, 2.05) is 83.7 Å². The predicted octanol–water partition coefficient (Wildman–Crippen LogP) is 10.3. The van der Waals surface area contributed by atoms with E-state index in [0.29, 0.717) is 69.6 Å². The number of ether oxygens (including phenoxy) is 2. The highest BCUT2D eigenvalue weighted by Crippen LogP contribution is 2.35. The number of likely N-dealkylation sites (N-methyl/N-ethyl adjacent to an activating group) is 1. The first-order valence-electron chi connectivity index (χ1n) is 27.0. The molecule has 0 saturated carbocycles. The Bertz CT molecular complexity index is 2090. The second kappa shape index (κ2) is 32.8. The van der Waals surface area contributed by atoms with Gasteiger partial charge in [-0.15, -0.1) is 11.3 Å². The molecule has 9 unspecified atom stereocenters. The second-order valence-electron chi connectivity index (χ2n) is 21.2. The minimum Gasteiger partial charge on any atom is -0.379 e. The van der Waals surface area contributed by atoms with E-state index in [2.05, 4.69) is 13.8 Å². The fourth-order valence-electron chi connectivity index (χ4n) is 9.88. The SMILES string of the molecule is CCC(=O)N(C)CCCC(=O)N(C)CSSCCCC(=O)c1csc(C(CC(=O)C(C)C(OC)C2CCCN2C(=O)CC(OC)C(C(C)CC)N(C)C(=O)C(CC(=O)C(C)C(C)C)C(C)C)Cc2ccccc2)n1. The lowest BCUT2D eigenvalue weighted by molar-refractivity contribution is -0.149. The lowest BCUT2D eigenvalue weighted by Gasteiger charge is -2.41. The molecular formula is C57H91N5O9S3. The Morgan fingerprint density at radius 1 is 0.797 bits per heavy atom. The van der Waals surface area contributed by atoms with E-state index >= 15 is 0 Å². The molecule has 2 aromatic rings. The highest BCUT2D eigenvalue weighted by Gasteiger charge is 2.43. The maximum Gasteiger partial charge on any atom is 0.226 e. The van der Waals surface area contributed by atoms with Crippen molar-refractivity contribution in [3.63, 3.8) is 0 Å². The summed E-state index contributed by atoms with van der Waals surface area (Å²) in [5.74, 6) is -0.216. The third-order valence-electron chi connectivity index (χ3n) is 15.3. The normalized spacial score (nSPS) is 17.0. The van der Waals surface area contributed by atoms with Gasteiger partial charge in [0.25, 0.3) is 0 Å². The fourth-order valence-corrected chi connectivity index (χ4v) is 13.0. The van der Waals surface area contributed by atoms with Gasteiger partial charge in [0, 0.05) is 115 Å². The molecule has 0 bridgehead atoms. The summed E-state index contributed by atoms with van der Waals surface area (Å²) in [6, 6.07) is 9.20. The van der Waals surface area contributed by atoms with Gasteiger partial charge in [-0.25, -0.2) is 4.98 Å². The first-order valence-corrected chi connectivity index (χ1v) is 30.4. The third-order valence-corrected chi connectivity index (χ3v) is 18.8. The Kier molecular flexibility index (Phi) is 28.7. The first-order chi connectivity index (χ1) is 35.1. The summed E-state index contributed by atoms with van der Waals surface area (Å²) in [4.78, 5) is 106. The summed E-state index contributed by atoms with van der Waals surface area (Å²) < 4.78 is 12.3. The van der Waals surface area contributed by atoms with Crippen LogP contribution in [-0.2, 0) is 44.7 Å². The zero-order valence-electron chi connectivity index (χ0n) is 47.3. The molecule has 14 nitrogen and oxygen atoms in total. The van der Waals surface area contributed by atoms with E-state index in [0.717, 1.165) is 29.2 Å². The van der Waals surface area contributed by atoms with Crippen molar-refractivity contribution in [3.8, 4) is 0 Å². The van der Waals surface area contributed by atoms with Crippen LogP contribution in [0, 0.1) is 35.5 Å². The molecule has 0 radical (unpaired) electrons. The summed E-state index contributed by atoms with van der Waals surface area (Å²) in [5, 5.41) is 2.53. The molecule has 1 aliphatic rings. The van der Waals surface area contributed by atoms with Gasteiger partial charge in [0.15, 0.2) is 5.78 Å². The standard InChI is InChI=1S/C57H91N5O9S3/c1-15-39(7)54(61(12)57(69)44(38(5)6)33-49(65)40(8)37(3)4)50(70-13)34-53(68)62-29-20-25-46(62)55(71-14)41(9)48(64)32-43(31-42-23-18-17-19-24-42)56-58-45(35-72-56)47(63)26-22-30-73-74-36-60(11)52(67)27-21-28-59(10)51(66)16-2/h17-19,23-24,35,37-41,43-44,46,50,54-55H,15-16,20-22,25-34,36H2,1-14H3. The van der Waals surface area contributed by atoms with Crippen LogP contribution in [0.1, 0.15) is 160 Å². The molecule has 4 amide bonds. The van der Waals surface area contributed by atoms with Gasteiger partial charge in [0.2, 0.25) is 23.6 Å². The van der Waals surface area contributed by atoms with E-state index < -0.39 is 30.1 Å². The molecule has 0 spiro atoms. The molecule has 1 aromatic carbocycles. The highest BCUT2D eigenvalue weighted by atomic mass is 33.1. The van der Waals surface area contributed by atoms with Crippen LogP contribution in [0.2, 0.25) is 0 Å². The Morgan fingerprint density at radius 3 is 2.08 bits per heavy atom. The number of hydrogen-bond donors (Lipinski definition) is 0. The largest absolute Gasteiger partial charge is 0.379 e. The Morgan fingerprint density at radius 2 is 1.47 bits per heavy atom. The number of nitrogens with zero attached hydrogens (tertiary/aromatic N) is 5. The van der Waals surface area contributed by atoms with Gasteiger partial charge in [-0.1, -0.05) is 121 Å². The molecule has 74 heavy (non-hydrogen) atoms. The summed E-state index contributed by atoms with van der Waals surface area (Å²) in [5.41, 5.74) is 1.46. The Labute approximate surface area is 456 Å². The molecule has 17 heteroatoms. The molecular weight excluding hydrogens is 995 g/mol. The van der Waals surface area contributed by atoms with Crippen LogP contribution in [0.25, 0.3) is 0 Å². The number of carbonyl (C=O) groups excluding carboxylic acids is 7. The van der Waals surface area contributed by atoms with Gasteiger partial charge >= 0.3 is 0 Å². The van der Waals surface area contributed by atoms with Crippen LogP contribution in [-0.4, -0.2) is 150 Å². The number of aromatic nitrogens is 1. The van der Waals surface area contributed by atoms with E-state index in [-0.39, 0.29) is 95.9 Å². The predicted molar refractivity (Wildman–Crippen MR) is 301 cm³/mol. The molecule has 2 heterocycles. The molecule has 1 fully saturated rings. The van der Waals surface area contributed by atoms with Crippen molar-refractivity contribution in [1.29, 1.82) is 0 Å². The topological polar surface area (TPSA) is 164 Å². The van der Waals surface area contributed by atoms with Crippen molar-refractivity contribution in [2.24, 2.45) is 35.5 Å². The highest BCUT2D eigenvalue weighted by molar-refractivity contribution is 8.76. The van der Waals surface area contributed by atoms with Crippen molar-refractivity contribution in [2.45, 2.75) is 170 Å². The van der Waals surface area contributed by atoms with Crippen LogP contribution in [0.4, 0.5) is 0 Å². The molecule has 0 N–H and O–H groups in total. The number of methoxy groups -OCH3 is 2. The monoisotopic (exact) mass is 1090 g/mol. The molecule has 9 atom stereocenters. The summed E-state index contributed by atoms with van der Waals surface area (Å²) in [7, 11) is 11.7. The van der Waals surface area contributed by atoms with Gasteiger partial charge in [0.1, 0.15) is 17.3 Å². The van der Waals surface area contributed by atoms with Crippen LogP contribution in [0.15, 0.2) is 35.7 Å². The number of Topliss-reactive ketones (excluding diaryl/α,β-unsaturated/α-hetero) is 3. The van der Waals surface area contributed by atoms with Crippen molar-refractivity contribution in [2.75, 3.05) is 60.1 Å². The van der Waals surface area contributed by atoms with Crippen molar-refractivity contribution >= 4 is 73.9 Å². The molecule has 416 valence electrons. The van der Waals surface area contributed by atoms with Gasteiger partial charge in [-0.05, 0) is 55.4 Å². The maximum atomic E-state index is 14.5. The molecule has 1 aromatic heterocycles. The smallest absolute Gasteiger partial charge is 0.226 e. The average Bonchev–Trinajstić information content (AvgIpc) is 4.09. The summed E-state index contributed by atoms with van der Waals surface area (Å²) in [6.45, 7) is 18.8. The lowest BCUT2D eigenvalue weighted by atomic mass is 9.82. The van der Waals surface area contributed by atoms with Crippen LogP contribution in [0.5, 0.6) is 0 Å². The van der Waals surface area contributed by atoms with Gasteiger partial charge in [-0.2, -0.15) is 0 Å². The maximum absolute atomic E-state index is 14.5. The quantitative estimate of drug-likeness (QED) is 0.0278. The number of amides is 4. The van der Waals surface area contributed by atoms with Gasteiger partial charge in [-0.3, -0.25) is 33.6 Å². The zero-order valence-corrected chi connectivity index (χ0v) is 49.7. The van der Waals surface area contributed by atoms with Crippen molar-refractivity contribution in [3.05, 3.63) is 52.0 Å². The Hall–Kier alpha value is -3.64. The number of hydrogen-bond acceptors (Lipinski definition) is 13. The fraction of sp³-hybridized carbons (Fsp3) is 0.719. The lowest BCUT2D eigenvalue weighted by Crippen LogP contribution is -2.54. The average molecular weight is 1090 g/mol. The zero-order chi connectivity index (χ0) is 55.2. The number of rotatable bonds is 35. The van der Waals surface area contributed by atoms with Gasteiger partial charge < -0.3 is 29.1 Å². The number of carbonyl (C=O) groups is 7. The van der Waals surface area contributed by atoms with E-state index in [4.69, 9.17) is 14.5 Å². The van der Waals surface area contributed by atoms with Crippen LogP contribution >= 0.6 is 32.9 Å². The van der Waals surface area contributed by atoms with Crippen LogP contribution in [0.3, 0.4) is 0 Å². The number of ketones is 3. The number of thiazole rings is 1.